The maximum absolute atomic E-state index is 12.9. The van der Waals surface area contributed by atoms with Crippen LogP contribution in [0.25, 0.3) is 0 Å². The van der Waals surface area contributed by atoms with Crippen molar-refractivity contribution < 1.29 is 28.6 Å². The van der Waals surface area contributed by atoms with E-state index in [1.807, 2.05) is 30.9 Å². The Bertz CT molecular complexity index is 1060. The molecule has 0 radical (unpaired) electrons. The minimum atomic E-state index is -1.37. The van der Waals surface area contributed by atoms with Crippen LogP contribution >= 0.6 is 0 Å². The second-order valence-corrected chi connectivity index (χ2v) is 15.9. The number of hydrogen-bond donors (Lipinski definition) is 1. The van der Waals surface area contributed by atoms with Crippen molar-refractivity contribution in [3.63, 3.8) is 0 Å². The van der Waals surface area contributed by atoms with Crippen molar-refractivity contribution in [1.29, 1.82) is 0 Å². The van der Waals surface area contributed by atoms with Crippen LogP contribution in [-0.2, 0) is 28.6 Å². The highest BCUT2D eigenvalue weighted by atomic mass is 16.6. The van der Waals surface area contributed by atoms with Gasteiger partial charge in [0.15, 0.2) is 5.96 Å². The Labute approximate surface area is 350 Å². The highest BCUT2D eigenvalue weighted by Crippen LogP contribution is 2.15. The van der Waals surface area contributed by atoms with Gasteiger partial charge in [0.05, 0.1) is 6.61 Å². The molecule has 10 nitrogen and oxygen atoms in total. The first-order chi connectivity index (χ1) is 27.7. The van der Waals surface area contributed by atoms with Crippen LogP contribution in [0.3, 0.4) is 0 Å². The van der Waals surface area contributed by atoms with Crippen molar-refractivity contribution in [3.05, 3.63) is 24.3 Å². The summed E-state index contributed by atoms with van der Waals surface area (Å²) >= 11 is 0. The third kappa shape index (κ3) is 33.8. The molecular weight excluding hydrogens is 717 g/mol. The van der Waals surface area contributed by atoms with Gasteiger partial charge >= 0.3 is 11.9 Å². The van der Waals surface area contributed by atoms with E-state index in [0.717, 1.165) is 76.6 Å². The van der Waals surface area contributed by atoms with Crippen molar-refractivity contribution in [2.45, 2.75) is 206 Å². The minimum absolute atomic E-state index is 0.176. The van der Waals surface area contributed by atoms with E-state index >= 15 is 0 Å². The van der Waals surface area contributed by atoms with Gasteiger partial charge in [0, 0.05) is 47.6 Å². The molecule has 0 fully saturated rings. The summed E-state index contributed by atoms with van der Waals surface area (Å²) in [6, 6.07) is 0. The van der Waals surface area contributed by atoms with Crippen molar-refractivity contribution in [1.82, 2.24) is 9.80 Å². The highest BCUT2D eigenvalue weighted by Gasteiger charge is 2.32. The first-order valence-corrected chi connectivity index (χ1v) is 23.1. The number of unbranched alkanes of at least 4 members (excludes halogenated alkanes) is 22. The van der Waals surface area contributed by atoms with Gasteiger partial charge in [-0.3, -0.25) is 19.4 Å². The summed E-state index contributed by atoms with van der Waals surface area (Å²) in [6.07, 6.45) is 37.8. The second kappa shape index (κ2) is 39.9. The number of esters is 2. The van der Waals surface area contributed by atoms with Gasteiger partial charge in [-0.2, -0.15) is 0 Å². The first-order valence-electron chi connectivity index (χ1n) is 23.1. The van der Waals surface area contributed by atoms with E-state index in [1.165, 1.54) is 89.9 Å². The summed E-state index contributed by atoms with van der Waals surface area (Å²) in [7, 11) is 7.39. The fraction of sp³-hybridized carbons (Fsp3) is 0.830. The molecule has 0 aliphatic carbocycles. The van der Waals surface area contributed by atoms with Crippen molar-refractivity contribution in [2.24, 2.45) is 10.7 Å². The van der Waals surface area contributed by atoms with Crippen molar-refractivity contribution in [2.75, 3.05) is 47.9 Å². The average molecular weight is 805 g/mol. The molecule has 2 N–H and O–H groups in total. The standard InChI is InChI=1S/C47H88N4O6/c1-7-9-11-13-15-17-19-21-23-25-27-29-31-33-35-37-43(52)56-41-42(55-40-39-51(6)47(49-3)50(4)5)45(46(48)54)57-44(53)38-36-34-32-30-28-26-24-22-20-18-16-14-12-10-8-2/h21-24,42,45H,7-20,25-41H2,1-6H3,(H2,48,54)/b23-21-,24-22-,49-47?. The molecule has 0 aliphatic rings. The number of ether oxygens (including phenoxy) is 3. The summed E-state index contributed by atoms with van der Waals surface area (Å²) in [5.74, 6) is -0.952. The van der Waals surface area contributed by atoms with E-state index in [1.54, 1.807) is 7.05 Å². The van der Waals surface area contributed by atoms with E-state index in [0.29, 0.717) is 13.0 Å². The topological polar surface area (TPSA) is 124 Å². The number of primary amides is 1. The highest BCUT2D eigenvalue weighted by molar-refractivity contribution is 5.83. The predicted octanol–water partition coefficient (Wildman–Crippen LogP) is 10.9. The number of guanidine groups is 1. The zero-order chi connectivity index (χ0) is 42.2. The van der Waals surface area contributed by atoms with Gasteiger partial charge in [0.1, 0.15) is 12.7 Å². The number of rotatable bonds is 39. The molecule has 10 heteroatoms. The molecule has 0 aromatic heterocycles. The monoisotopic (exact) mass is 805 g/mol. The zero-order valence-electron chi connectivity index (χ0n) is 37.8. The molecule has 0 bridgehead atoms. The fourth-order valence-electron chi connectivity index (χ4n) is 6.82. The lowest BCUT2D eigenvalue weighted by atomic mass is 10.1. The van der Waals surface area contributed by atoms with Gasteiger partial charge in [-0.15, -0.1) is 0 Å². The normalized spacial score (nSPS) is 13.0. The van der Waals surface area contributed by atoms with E-state index in [9.17, 15) is 14.4 Å². The van der Waals surface area contributed by atoms with Crippen LogP contribution in [0.4, 0.5) is 0 Å². The summed E-state index contributed by atoms with van der Waals surface area (Å²) < 4.78 is 17.2. The van der Waals surface area contributed by atoms with E-state index in [4.69, 9.17) is 19.9 Å². The van der Waals surface area contributed by atoms with Gasteiger partial charge < -0.3 is 29.7 Å². The maximum atomic E-state index is 12.9. The lowest BCUT2D eigenvalue weighted by Gasteiger charge is -2.28. The predicted molar refractivity (Wildman–Crippen MR) is 238 cm³/mol. The Balaban J connectivity index is 4.67. The molecule has 0 aliphatic heterocycles. The maximum Gasteiger partial charge on any atom is 0.306 e. The molecule has 0 aromatic carbocycles. The zero-order valence-corrected chi connectivity index (χ0v) is 37.8. The third-order valence-electron chi connectivity index (χ3n) is 10.3. The van der Waals surface area contributed by atoms with E-state index in [2.05, 4.69) is 43.1 Å². The molecule has 0 rings (SSSR count). The lowest BCUT2D eigenvalue weighted by molar-refractivity contribution is -0.171. The number of carbonyl (C=O) groups excluding carboxylic acids is 3. The van der Waals surface area contributed by atoms with E-state index in [-0.39, 0.29) is 32.0 Å². The fourth-order valence-corrected chi connectivity index (χ4v) is 6.82. The quantitative estimate of drug-likeness (QED) is 0.0214. The van der Waals surface area contributed by atoms with Crippen LogP contribution in [0.2, 0.25) is 0 Å². The van der Waals surface area contributed by atoms with Crippen LogP contribution < -0.4 is 5.73 Å². The van der Waals surface area contributed by atoms with Gasteiger partial charge in [-0.1, -0.05) is 141 Å². The van der Waals surface area contributed by atoms with Crippen LogP contribution in [0.5, 0.6) is 0 Å². The molecular formula is C47H88N4O6. The Morgan fingerprint density at radius 3 is 1.40 bits per heavy atom. The molecule has 0 spiro atoms. The van der Waals surface area contributed by atoms with Gasteiger partial charge in [-0.05, 0) is 64.2 Å². The number of aliphatic imine (C=N–C) groups is 1. The molecule has 0 saturated heterocycles. The molecule has 1 amide bonds. The molecule has 57 heavy (non-hydrogen) atoms. The average Bonchev–Trinajstić information content (AvgIpc) is 3.18. The number of allylic oxidation sites excluding steroid dienone is 4. The summed E-state index contributed by atoms with van der Waals surface area (Å²) in [5.41, 5.74) is 5.74. The Hall–Kier alpha value is -2.88. The molecule has 0 aromatic rings. The summed E-state index contributed by atoms with van der Waals surface area (Å²) in [4.78, 5) is 46.2. The second-order valence-electron chi connectivity index (χ2n) is 15.9. The van der Waals surface area contributed by atoms with Gasteiger partial charge in [0.2, 0.25) is 6.10 Å². The smallest absolute Gasteiger partial charge is 0.306 e. The molecule has 2 unspecified atom stereocenters. The molecule has 332 valence electrons. The number of nitrogens with zero attached hydrogens (tertiary/aromatic N) is 3. The number of hydrogen-bond acceptors (Lipinski definition) is 7. The Morgan fingerprint density at radius 1 is 0.596 bits per heavy atom. The van der Waals surface area contributed by atoms with Gasteiger partial charge in [0.25, 0.3) is 5.91 Å². The Morgan fingerprint density at radius 2 is 1.00 bits per heavy atom. The van der Waals surface area contributed by atoms with E-state index < -0.39 is 24.1 Å². The van der Waals surface area contributed by atoms with Crippen molar-refractivity contribution >= 4 is 23.8 Å². The summed E-state index contributed by atoms with van der Waals surface area (Å²) in [5, 5.41) is 0. The van der Waals surface area contributed by atoms with Crippen LogP contribution in [0, 0.1) is 0 Å². The van der Waals surface area contributed by atoms with Crippen LogP contribution in [0.15, 0.2) is 29.3 Å². The lowest BCUT2D eigenvalue weighted by Crippen LogP contribution is -2.47. The summed E-state index contributed by atoms with van der Waals surface area (Å²) in [6.45, 7) is 4.89. The number of carbonyl (C=O) groups is 3. The SMILES string of the molecule is CCCCCCCC/C=C\CCCCCCCC(=O)OCC(OCCN(C)C(=NC)N(C)C)C(OC(=O)CCCCCCC/C=C\CCCCCCCC)C(N)=O. The van der Waals surface area contributed by atoms with Crippen LogP contribution in [0.1, 0.15) is 194 Å². The third-order valence-corrected chi connectivity index (χ3v) is 10.3. The number of nitrogens with two attached hydrogens (primary N) is 1. The molecule has 0 saturated carbocycles. The Kier molecular flexibility index (Phi) is 37.9. The first kappa shape index (κ1) is 54.1. The van der Waals surface area contributed by atoms with Crippen molar-refractivity contribution in [3.8, 4) is 0 Å². The number of amides is 1. The van der Waals surface area contributed by atoms with Gasteiger partial charge in [-0.25, -0.2) is 0 Å². The largest absolute Gasteiger partial charge is 0.463 e. The molecule has 2 atom stereocenters. The number of likely N-dealkylation sites (N-methyl/N-ethyl adjacent to an activating group) is 1. The molecule has 0 heterocycles. The van der Waals surface area contributed by atoms with Crippen LogP contribution in [-0.4, -0.2) is 93.8 Å². The minimum Gasteiger partial charge on any atom is -0.463 e.